The maximum Gasteiger partial charge on any atom is 0.196 e. The molecule has 116 valence electrons. The Morgan fingerprint density at radius 3 is 2.81 bits per heavy atom. The number of halogens is 2. The van der Waals surface area contributed by atoms with Crippen molar-refractivity contribution in [2.24, 2.45) is 16.1 Å². The largest absolute Gasteiger partial charge is 0.353 e. The summed E-state index contributed by atoms with van der Waals surface area (Å²) in [4.78, 5) is 4.48. The van der Waals surface area contributed by atoms with Crippen LogP contribution in [-0.2, 0) is 0 Å². The van der Waals surface area contributed by atoms with Gasteiger partial charge in [0.05, 0.1) is 5.02 Å². The van der Waals surface area contributed by atoms with Gasteiger partial charge in [-0.05, 0) is 30.2 Å². The van der Waals surface area contributed by atoms with Crippen LogP contribution in [0.5, 0.6) is 0 Å². The number of benzene rings is 1. The van der Waals surface area contributed by atoms with Gasteiger partial charge in [-0.15, -0.1) is 6.58 Å². The molecule has 0 amide bonds. The molecule has 0 saturated carbocycles. The summed E-state index contributed by atoms with van der Waals surface area (Å²) in [5.74, 6) is 0.114. The monoisotopic (exact) mass is 312 g/mol. The van der Waals surface area contributed by atoms with E-state index < -0.39 is 5.82 Å². The molecule has 1 aromatic rings. The highest BCUT2D eigenvalue weighted by atomic mass is 35.5. The third kappa shape index (κ3) is 6.14. The maximum absolute atomic E-state index is 13.2. The van der Waals surface area contributed by atoms with Gasteiger partial charge in [-0.1, -0.05) is 31.5 Å². The summed E-state index contributed by atoms with van der Waals surface area (Å²) in [5, 5.41) is 6.23. The van der Waals surface area contributed by atoms with E-state index in [2.05, 4.69) is 22.2 Å². The standard InChI is InChI=1S/C15H22ClFN4/c1-4-7-19-14(20-10-15(2,3)9-18)21-11-5-6-13(17)12(16)8-11/h4-6,8H,1,7,9-10,18H2,2-3H3,(H2,19,20,21). The van der Waals surface area contributed by atoms with E-state index >= 15 is 0 Å². The van der Waals surface area contributed by atoms with Gasteiger partial charge >= 0.3 is 0 Å². The van der Waals surface area contributed by atoms with Crippen molar-refractivity contribution in [3.63, 3.8) is 0 Å². The van der Waals surface area contributed by atoms with Gasteiger partial charge in [-0.2, -0.15) is 0 Å². The van der Waals surface area contributed by atoms with Crippen LogP contribution in [0.15, 0.2) is 35.8 Å². The second-order valence-corrected chi connectivity index (χ2v) is 5.86. The molecule has 0 aliphatic carbocycles. The zero-order chi connectivity index (χ0) is 15.9. The quantitative estimate of drug-likeness (QED) is 0.430. The van der Waals surface area contributed by atoms with Gasteiger partial charge in [0.2, 0.25) is 0 Å². The Labute approximate surface area is 130 Å². The molecule has 1 aromatic carbocycles. The fourth-order valence-corrected chi connectivity index (χ4v) is 1.56. The van der Waals surface area contributed by atoms with E-state index in [9.17, 15) is 4.39 Å². The second kappa shape index (κ2) is 8.00. The zero-order valence-corrected chi connectivity index (χ0v) is 13.2. The number of anilines is 1. The number of rotatable bonds is 6. The molecule has 0 heterocycles. The lowest BCUT2D eigenvalue weighted by molar-refractivity contribution is 0.393. The highest BCUT2D eigenvalue weighted by Gasteiger charge is 2.15. The van der Waals surface area contributed by atoms with Gasteiger partial charge in [-0.3, -0.25) is 4.99 Å². The summed E-state index contributed by atoms with van der Waals surface area (Å²) in [5.41, 5.74) is 6.26. The predicted molar refractivity (Wildman–Crippen MR) is 88.4 cm³/mol. The van der Waals surface area contributed by atoms with Crippen molar-refractivity contribution in [3.05, 3.63) is 41.7 Å². The van der Waals surface area contributed by atoms with E-state index in [-0.39, 0.29) is 10.4 Å². The minimum absolute atomic E-state index is 0.0605. The number of hydrogen-bond acceptors (Lipinski definition) is 2. The number of aliphatic imine (C=N–C) groups is 1. The number of guanidine groups is 1. The van der Waals surface area contributed by atoms with Crippen LogP contribution in [0.2, 0.25) is 5.02 Å². The third-order valence-corrected chi connectivity index (χ3v) is 3.10. The number of nitrogens with zero attached hydrogens (tertiary/aromatic N) is 1. The first-order valence-electron chi connectivity index (χ1n) is 6.69. The van der Waals surface area contributed by atoms with E-state index in [4.69, 9.17) is 17.3 Å². The van der Waals surface area contributed by atoms with Crippen molar-refractivity contribution in [1.29, 1.82) is 0 Å². The van der Waals surface area contributed by atoms with Crippen LogP contribution >= 0.6 is 11.6 Å². The van der Waals surface area contributed by atoms with Crippen molar-refractivity contribution in [3.8, 4) is 0 Å². The molecule has 0 atom stereocenters. The Morgan fingerprint density at radius 1 is 1.52 bits per heavy atom. The highest BCUT2D eigenvalue weighted by Crippen LogP contribution is 2.19. The number of nitrogens with two attached hydrogens (primary N) is 1. The second-order valence-electron chi connectivity index (χ2n) is 5.46. The van der Waals surface area contributed by atoms with Gasteiger partial charge in [0.1, 0.15) is 5.82 Å². The smallest absolute Gasteiger partial charge is 0.196 e. The third-order valence-electron chi connectivity index (χ3n) is 2.81. The molecule has 0 fully saturated rings. The molecule has 4 N–H and O–H groups in total. The molecule has 0 aromatic heterocycles. The topological polar surface area (TPSA) is 62.4 Å². The minimum atomic E-state index is -0.455. The Hall–Kier alpha value is -1.59. The van der Waals surface area contributed by atoms with Crippen molar-refractivity contribution < 1.29 is 4.39 Å². The summed E-state index contributed by atoms with van der Waals surface area (Å²) < 4.78 is 13.2. The molecule has 21 heavy (non-hydrogen) atoms. The highest BCUT2D eigenvalue weighted by molar-refractivity contribution is 6.31. The maximum atomic E-state index is 13.2. The molecule has 0 unspecified atom stereocenters. The Morgan fingerprint density at radius 2 is 2.24 bits per heavy atom. The van der Waals surface area contributed by atoms with Gasteiger partial charge in [0.15, 0.2) is 5.96 Å². The van der Waals surface area contributed by atoms with Crippen LogP contribution in [0.4, 0.5) is 10.1 Å². The molecule has 0 spiro atoms. The van der Waals surface area contributed by atoms with Crippen molar-refractivity contribution in [1.82, 2.24) is 5.32 Å². The zero-order valence-electron chi connectivity index (χ0n) is 12.4. The average Bonchev–Trinajstić information content (AvgIpc) is 2.45. The van der Waals surface area contributed by atoms with Crippen molar-refractivity contribution in [2.75, 3.05) is 25.0 Å². The fraction of sp³-hybridized carbons (Fsp3) is 0.400. The molecular formula is C15H22ClFN4. The lowest BCUT2D eigenvalue weighted by atomic mass is 9.94. The van der Waals surface area contributed by atoms with Crippen LogP contribution < -0.4 is 16.4 Å². The average molecular weight is 313 g/mol. The van der Waals surface area contributed by atoms with Gasteiger partial charge in [0, 0.05) is 18.8 Å². The van der Waals surface area contributed by atoms with Crippen LogP contribution in [0.3, 0.4) is 0 Å². The van der Waals surface area contributed by atoms with Crippen molar-refractivity contribution in [2.45, 2.75) is 13.8 Å². The molecule has 4 nitrogen and oxygen atoms in total. The molecular weight excluding hydrogens is 291 g/mol. The predicted octanol–water partition coefficient (Wildman–Crippen LogP) is 3.01. The Balaban J connectivity index is 2.84. The van der Waals surface area contributed by atoms with E-state index in [1.807, 2.05) is 13.8 Å². The molecule has 0 aliphatic heterocycles. The molecule has 0 aliphatic rings. The van der Waals surface area contributed by atoms with Gasteiger partial charge < -0.3 is 16.4 Å². The molecule has 1 rings (SSSR count). The molecule has 0 bridgehead atoms. The van der Waals surface area contributed by atoms with E-state index in [1.54, 1.807) is 12.1 Å². The van der Waals surface area contributed by atoms with E-state index in [0.29, 0.717) is 31.3 Å². The van der Waals surface area contributed by atoms with E-state index in [1.165, 1.54) is 12.1 Å². The molecule has 6 heteroatoms. The summed E-state index contributed by atoms with van der Waals surface area (Å²) in [6.45, 7) is 9.39. The lowest BCUT2D eigenvalue weighted by Gasteiger charge is -2.20. The van der Waals surface area contributed by atoms with Crippen LogP contribution in [-0.4, -0.2) is 25.6 Å². The molecule has 0 radical (unpaired) electrons. The summed E-state index contributed by atoms with van der Waals surface area (Å²) >= 11 is 5.77. The summed E-state index contributed by atoms with van der Waals surface area (Å²) in [6, 6.07) is 4.41. The van der Waals surface area contributed by atoms with Crippen LogP contribution in [0.25, 0.3) is 0 Å². The van der Waals surface area contributed by atoms with Crippen LogP contribution in [0.1, 0.15) is 13.8 Å². The SMILES string of the molecule is C=CCNC(=NCC(C)(C)CN)Nc1ccc(F)c(Cl)c1. The fourth-order valence-electron chi connectivity index (χ4n) is 1.38. The first-order valence-corrected chi connectivity index (χ1v) is 7.07. The van der Waals surface area contributed by atoms with Gasteiger partial charge in [0.25, 0.3) is 0 Å². The summed E-state index contributed by atoms with van der Waals surface area (Å²) in [6.07, 6.45) is 1.73. The van der Waals surface area contributed by atoms with E-state index in [0.717, 1.165) is 0 Å². The lowest BCUT2D eigenvalue weighted by Crippen LogP contribution is -2.34. The van der Waals surface area contributed by atoms with Crippen molar-refractivity contribution >= 4 is 23.2 Å². The normalized spacial score (nSPS) is 12.1. The molecule has 0 saturated heterocycles. The summed E-state index contributed by atoms with van der Waals surface area (Å²) in [7, 11) is 0. The van der Waals surface area contributed by atoms with Crippen LogP contribution in [0, 0.1) is 11.2 Å². The van der Waals surface area contributed by atoms with Gasteiger partial charge in [-0.25, -0.2) is 4.39 Å². The first-order chi connectivity index (χ1) is 9.88. The number of hydrogen-bond donors (Lipinski definition) is 3. The Bertz CT molecular complexity index is 514. The Kier molecular flexibility index (Phi) is 6.65. The number of nitrogens with one attached hydrogen (secondary N) is 2. The minimum Gasteiger partial charge on any atom is -0.353 e. The first kappa shape index (κ1) is 17.5.